The van der Waals surface area contributed by atoms with E-state index in [0.29, 0.717) is 13.1 Å². The molecule has 20 heavy (non-hydrogen) atoms. The SMILES string of the molecule is CC1CN(S(=O)(=O)c2cc(C(=O)O)oc2Br)CC(C)S1. The first-order valence-electron chi connectivity index (χ1n) is 5.90. The Kier molecular flexibility index (Phi) is 4.53. The number of furan rings is 1. The van der Waals surface area contributed by atoms with Crippen LogP contribution in [0.1, 0.15) is 24.4 Å². The molecule has 1 fully saturated rings. The van der Waals surface area contributed by atoms with E-state index in [1.165, 1.54) is 4.31 Å². The van der Waals surface area contributed by atoms with Gasteiger partial charge in [0.05, 0.1) is 0 Å². The Balaban J connectivity index is 2.37. The molecule has 1 aromatic heterocycles. The first kappa shape index (κ1) is 15.9. The number of halogens is 1. The first-order valence-corrected chi connectivity index (χ1v) is 9.07. The summed E-state index contributed by atoms with van der Waals surface area (Å²) in [5, 5.41) is 9.24. The Labute approximate surface area is 129 Å². The number of thioether (sulfide) groups is 1. The number of hydrogen-bond donors (Lipinski definition) is 1. The van der Waals surface area contributed by atoms with E-state index in [1.54, 1.807) is 11.8 Å². The number of nitrogens with zero attached hydrogens (tertiary/aromatic N) is 1. The molecule has 1 aromatic rings. The molecule has 6 nitrogen and oxygen atoms in total. The van der Waals surface area contributed by atoms with Gasteiger partial charge in [-0.3, -0.25) is 0 Å². The van der Waals surface area contributed by atoms with Crippen LogP contribution in [0.15, 0.2) is 20.0 Å². The monoisotopic (exact) mass is 383 g/mol. The highest BCUT2D eigenvalue weighted by Gasteiger charge is 2.35. The largest absolute Gasteiger partial charge is 0.475 e. The molecular formula is C11H14BrNO5S2. The van der Waals surface area contributed by atoms with E-state index in [4.69, 9.17) is 9.52 Å². The normalized spacial score (nSPS) is 24.8. The van der Waals surface area contributed by atoms with Crippen molar-refractivity contribution in [2.45, 2.75) is 29.2 Å². The highest BCUT2D eigenvalue weighted by atomic mass is 79.9. The van der Waals surface area contributed by atoms with Gasteiger partial charge in [0.1, 0.15) is 4.90 Å². The van der Waals surface area contributed by atoms with Crippen LogP contribution >= 0.6 is 27.7 Å². The molecule has 2 heterocycles. The first-order chi connectivity index (χ1) is 9.21. The van der Waals surface area contributed by atoms with Gasteiger partial charge >= 0.3 is 5.97 Å². The summed E-state index contributed by atoms with van der Waals surface area (Å²) in [5.41, 5.74) is 0. The van der Waals surface area contributed by atoms with E-state index in [1.807, 2.05) is 13.8 Å². The topological polar surface area (TPSA) is 87.8 Å². The fourth-order valence-electron chi connectivity index (χ4n) is 2.10. The van der Waals surface area contributed by atoms with Gasteiger partial charge in [0.25, 0.3) is 0 Å². The maximum absolute atomic E-state index is 12.6. The third-order valence-electron chi connectivity index (χ3n) is 2.87. The summed E-state index contributed by atoms with van der Waals surface area (Å²) in [7, 11) is -3.76. The maximum atomic E-state index is 12.6. The maximum Gasteiger partial charge on any atom is 0.371 e. The highest BCUT2D eigenvalue weighted by molar-refractivity contribution is 9.10. The van der Waals surface area contributed by atoms with Gasteiger partial charge in [-0.25, -0.2) is 13.2 Å². The molecule has 0 spiro atoms. The van der Waals surface area contributed by atoms with Gasteiger partial charge < -0.3 is 9.52 Å². The van der Waals surface area contributed by atoms with Crippen LogP contribution in [0.3, 0.4) is 0 Å². The molecule has 0 amide bonds. The van der Waals surface area contributed by atoms with Gasteiger partial charge in [-0.05, 0) is 15.9 Å². The average molecular weight is 384 g/mol. The second-order valence-corrected chi connectivity index (χ2v) is 9.14. The van der Waals surface area contributed by atoms with E-state index in [2.05, 4.69) is 15.9 Å². The minimum Gasteiger partial charge on any atom is -0.475 e. The summed E-state index contributed by atoms with van der Waals surface area (Å²) in [6, 6.07) is 1.04. The summed E-state index contributed by atoms with van der Waals surface area (Å²) in [6.45, 7) is 4.74. The molecule has 112 valence electrons. The number of hydrogen-bond acceptors (Lipinski definition) is 5. The molecule has 0 saturated carbocycles. The summed E-state index contributed by atoms with van der Waals surface area (Å²) >= 11 is 4.71. The Hall–Kier alpha value is -0.510. The fourth-order valence-corrected chi connectivity index (χ4v) is 6.13. The van der Waals surface area contributed by atoms with E-state index >= 15 is 0 Å². The molecule has 1 saturated heterocycles. The predicted octanol–water partition coefficient (Wildman–Crippen LogP) is 2.25. The molecular weight excluding hydrogens is 370 g/mol. The van der Waals surface area contributed by atoms with Gasteiger partial charge in [0.15, 0.2) is 4.67 Å². The molecule has 1 N–H and O–H groups in total. The number of carboxylic acid groups (broad SMARTS) is 1. The van der Waals surface area contributed by atoms with Crippen molar-refractivity contribution >= 4 is 43.7 Å². The number of aromatic carboxylic acids is 1. The van der Waals surface area contributed by atoms with Crippen molar-refractivity contribution in [1.82, 2.24) is 4.31 Å². The van der Waals surface area contributed by atoms with Crippen LogP contribution in [-0.4, -0.2) is 47.4 Å². The molecule has 1 aliphatic heterocycles. The average Bonchev–Trinajstić information content (AvgIpc) is 2.71. The quantitative estimate of drug-likeness (QED) is 0.860. The van der Waals surface area contributed by atoms with Crippen molar-refractivity contribution in [3.63, 3.8) is 0 Å². The van der Waals surface area contributed by atoms with E-state index < -0.39 is 21.8 Å². The number of carboxylic acids is 1. The number of sulfonamides is 1. The standard InChI is InChI=1S/C11H14BrNO5S2/c1-6-4-13(5-7(2)19-6)20(16,17)9-3-8(11(14)15)18-10(9)12/h3,6-7H,4-5H2,1-2H3,(H,14,15). The zero-order chi connectivity index (χ0) is 15.1. The minimum absolute atomic E-state index is 0.0755. The zero-order valence-corrected chi connectivity index (χ0v) is 14.1. The molecule has 2 rings (SSSR count). The second kappa shape index (κ2) is 5.70. The lowest BCUT2D eigenvalue weighted by atomic mass is 10.4. The number of rotatable bonds is 3. The van der Waals surface area contributed by atoms with Crippen molar-refractivity contribution in [1.29, 1.82) is 0 Å². The van der Waals surface area contributed by atoms with Crippen LogP contribution in [0.2, 0.25) is 0 Å². The van der Waals surface area contributed by atoms with Crippen LogP contribution in [0.5, 0.6) is 0 Å². The van der Waals surface area contributed by atoms with Crippen LogP contribution in [0.4, 0.5) is 0 Å². The Morgan fingerprint density at radius 3 is 2.45 bits per heavy atom. The highest BCUT2D eigenvalue weighted by Crippen LogP contribution is 2.33. The van der Waals surface area contributed by atoms with Crippen LogP contribution in [0.25, 0.3) is 0 Å². The third kappa shape index (κ3) is 3.05. The lowest BCUT2D eigenvalue weighted by Gasteiger charge is -2.33. The Morgan fingerprint density at radius 2 is 2.00 bits per heavy atom. The predicted molar refractivity (Wildman–Crippen MR) is 78.6 cm³/mol. The molecule has 2 atom stereocenters. The van der Waals surface area contributed by atoms with Gasteiger partial charge in [0.2, 0.25) is 15.8 Å². The van der Waals surface area contributed by atoms with Gasteiger partial charge in [0, 0.05) is 29.7 Å². The van der Waals surface area contributed by atoms with Crippen molar-refractivity contribution in [2.24, 2.45) is 0 Å². The molecule has 2 unspecified atom stereocenters. The smallest absolute Gasteiger partial charge is 0.371 e. The Morgan fingerprint density at radius 1 is 1.45 bits per heavy atom. The second-order valence-electron chi connectivity index (χ2n) is 4.63. The molecule has 0 aliphatic carbocycles. The van der Waals surface area contributed by atoms with Gasteiger partial charge in [-0.2, -0.15) is 16.1 Å². The summed E-state index contributed by atoms with van der Waals surface area (Å²) in [6.07, 6.45) is 0. The van der Waals surface area contributed by atoms with Crippen molar-refractivity contribution in [2.75, 3.05) is 13.1 Å². The minimum atomic E-state index is -3.76. The lowest BCUT2D eigenvalue weighted by molar-refractivity contribution is 0.0661. The number of carbonyl (C=O) groups is 1. The van der Waals surface area contributed by atoms with E-state index in [0.717, 1.165) is 6.07 Å². The molecule has 0 radical (unpaired) electrons. The lowest BCUT2D eigenvalue weighted by Crippen LogP contribution is -2.43. The van der Waals surface area contributed by atoms with Crippen molar-refractivity contribution < 1.29 is 22.7 Å². The van der Waals surface area contributed by atoms with Gasteiger partial charge in [-0.1, -0.05) is 13.8 Å². The van der Waals surface area contributed by atoms with Crippen LogP contribution in [0, 0.1) is 0 Å². The molecule has 0 bridgehead atoms. The van der Waals surface area contributed by atoms with Crippen molar-refractivity contribution in [3.8, 4) is 0 Å². The fraction of sp³-hybridized carbons (Fsp3) is 0.545. The molecule has 0 aromatic carbocycles. The molecule has 1 aliphatic rings. The third-order valence-corrected chi connectivity index (χ3v) is 6.79. The van der Waals surface area contributed by atoms with E-state index in [-0.39, 0.29) is 20.1 Å². The van der Waals surface area contributed by atoms with Crippen LogP contribution < -0.4 is 0 Å². The summed E-state index contributed by atoms with van der Waals surface area (Å²) in [4.78, 5) is 10.7. The Bertz CT molecular complexity index is 617. The van der Waals surface area contributed by atoms with E-state index in [9.17, 15) is 13.2 Å². The summed E-state index contributed by atoms with van der Waals surface area (Å²) < 4.78 is 31.4. The molecule has 9 heteroatoms. The van der Waals surface area contributed by atoms with Gasteiger partial charge in [-0.15, -0.1) is 0 Å². The summed E-state index contributed by atoms with van der Waals surface area (Å²) in [5.74, 6) is -1.70. The van der Waals surface area contributed by atoms with Crippen LogP contribution in [-0.2, 0) is 10.0 Å². The zero-order valence-electron chi connectivity index (χ0n) is 10.9. The van der Waals surface area contributed by atoms with Crippen molar-refractivity contribution in [3.05, 3.63) is 16.5 Å².